The summed E-state index contributed by atoms with van der Waals surface area (Å²) in [5, 5.41) is 1.96. The normalized spacial score (nSPS) is 18.2. The Labute approximate surface area is 247 Å². The molecule has 9 rings (SSSR count). The van der Waals surface area contributed by atoms with Crippen LogP contribution in [0.1, 0.15) is 23.5 Å². The Balaban J connectivity index is 0.00000131. The second-order valence-electron chi connectivity index (χ2n) is 10.1. The van der Waals surface area contributed by atoms with Gasteiger partial charge in [0.05, 0.1) is 11.8 Å². The van der Waals surface area contributed by atoms with Gasteiger partial charge in [-0.15, -0.1) is 0 Å². The van der Waals surface area contributed by atoms with Gasteiger partial charge in [0.25, 0.3) is 0 Å². The van der Waals surface area contributed by atoms with E-state index in [2.05, 4.69) is 46.4 Å². The molecular formula is C32H20N8OV. The number of rotatable bonds is 0. The van der Waals surface area contributed by atoms with E-state index in [-0.39, 0.29) is 11.8 Å². The third-order valence-electron chi connectivity index (χ3n) is 7.81. The second-order valence-corrected chi connectivity index (χ2v) is 10.1. The summed E-state index contributed by atoms with van der Waals surface area (Å²) in [6.07, 6.45) is 16.5. The van der Waals surface area contributed by atoms with Crippen LogP contribution >= 0.6 is 0 Å². The van der Waals surface area contributed by atoms with Crippen LogP contribution in [0.3, 0.4) is 0 Å². The summed E-state index contributed by atoms with van der Waals surface area (Å²) < 4.78 is 8.19. The summed E-state index contributed by atoms with van der Waals surface area (Å²) in [5.74, 6) is 2.52. The zero-order valence-corrected chi connectivity index (χ0v) is 23.3. The van der Waals surface area contributed by atoms with E-state index < -0.39 is 0 Å². The van der Waals surface area contributed by atoms with Crippen LogP contribution < -0.4 is 11.0 Å². The predicted molar refractivity (Wildman–Crippen MR) is 154 cm³/mol. The Morgan fingerprint density at radius 3 is 2.00 bits per heavy atom. The molecule has 0 fully saturated rings. The van der Waals surface area contributed by atoms with Gasteiger partial charge in [-0.1, -0.05) is 97.1 Å². The second kappa shape index (κ2) is 9.76. The maximum absolute atomic E-state index is 8.19. The van der Waals surface area contributed by atoms with Gasteiger partial charge < -0.3 is 9.97 Å². The van der Waals surface area contributed by atoms with E-state index in [0.717, 1.165) is 67.4 Å². The van der Waals surface area contributed by atoms with Crippen LogP contribution in [0.25, 0.3) is 56.0 Å². The number of benzene rings is 2. The first-order valence-electron chi connectivity index (χ1n) is 13.4. The van der Waals surface area contributed by atoms with Crippen LogP contribution in [-0.2, 0) is 21.0 Å². The van der Waals surface area contributed by atoms with Crippen molar-refractivity contribution < 1.29 is 21.0 Å². The molecule has 42 heavy (non-hydrogen) atoms. The molecule has 0 spiro atoms. The van der Waals surface area contributed by atoms with Crippen molar-refractivity contribution in [2.24, 2.45) is 0 Å². The third-order valence-corrected chi connectivity index (χ3v) is 7.81. The van der Waals surface area contributed by atoms with Gasteiger partial charge in [-0.05, 0) is 0 Å². The SMILES string of the molecule is C1=CC2=c3nc(nc4nc(nc5[nH]c(nc6[nH]c(n3)C3C=CC=CC=63)c3ccccc53)-c3ccccc3-4)C2C=C1.[O]=[V]. The van der Waals surface area contributed by atoms with Crippen LogP contribution in [0.2, 0.25) is 0 Å². The molecule has 5 heterocycles. The first kappa shape index (κ1) is 24.7. The van der Waals surface area contributed by atoms with E-state index in [1.807, 2.05) is 60.7 Å². The van der Waals surface area contributed by atoms with Crippen LogP contribution in [-0.4, -0.2) is 39.9 Å². The molecule has 2 aliphatic carbocycles. The van der Waals surface area contributed by atoms with E-state index in [1.165, 1.54) is 0 Å². The molecule has 2 atom stereocenters. The van der Waals surface area contributed by atoms with Crippen molar-refractivity contribution in [1.29, 1.82) is 0 Å². The van der Waals surface area contributed by atoms with E-state index in [0.29, 0.717) is 28.6 Å². The molecule has 0 amide bonds. The Kier molecular flexibility index (Phi) is 5.73. The van der Waals surface area contributed by atoms with Crippen molar-refractivity contribution in [3.63, 3.8) is 0 Å². The number of hydrogen-bond donors (Lipinski definition) is 2. The zero-order chi connectivity index (χ0) is 28.2. The fraction of sp³-hybridized carbons (Fsp3) is 0.0625. The molecule has 8 bridgehead atoms. The van der Waals surface area contributed by atoms with Gasteiger partial charge in [-0.3, -0.25) is 0 Å². The van der Waals surface area contributed by atoms with Crippen molar-refractivity contribution in [1.82, 2.24) is 39.9 Å². The van der Waals surface area contributed by atoms with Crippen molar-refractivity contribution in [2.75, 3.05) is 0 Å². The molecule has 2 N–H and O–H groups in total. The van der Waals surface area contributed by atoms with Crippen molar-refractivity contribution in [3.8, 4) is 22.8 Å². The van der Waals surface area contributed by atoms with Crippen LogP contribution in [0.5, 0.6) is 0 Å². The molecule has 3 aliphatic heterocycles. The van der Waals surface area contributed by atoms with Crippen LogP contribution in [0.15, 0.2) is 97.1 Å². The van der Waals surface area contributed by atoms with Gasteiger partial charge in [0.1, 0.15) is 28.4 Å². The van der Waals surface area contributed by atoms with E-state index >= 15 is 0 Å². The summed E-state index contributed by atoms with van der Waals surface area (Å²) >= 11 is 1.06. The molecule has 2 aromatic heterocycles. The molecule has 2 aromatic carbocycles. The molecule has 5 aliphatic rings. The number of nitrogens with zero attached hydrogens (tertiary/aromatic N) is 6. The van der Waals surface area contributed by atoms with Crippen molar-refractivity contribution >= 4 is 33.2 Å². The Morgan fingerprint density at radius 1 is 0.595 bits per heavy atom. The molecule has 0 saturated heterocycles. The van der Waals surface area contributed by atoms with Gasteiger partial charge in [0.15, 0.2) is 17.1 Å². The number of hydrogen-bond acceptors (Lipinski definition) is 7. The Bertz CT molecular complexity index is 2280. The number of nitrogens with one attached hydrogen (secondary N) is 2. The van der Waals surface area contributed by atoms with Crippen LogP contribution in [0, 0.1) is 0 Å². The van der Waals surface area contributed by atoms with E-state index in [9.17, 15) is 0 Å². The number of H-pyrrole nitrogens is 2. The van der Waals surface area contributed by atoms with Gasteiger partial charge in [0, 0.05) is 33.0 Å². The number of fused-ring (bicyclic) bond motifs is 18. The molecule has 0 radical (unpaired) electrons. The van der Waals surface area contributed by atoms with E-state index in [4.69, 9.17) is 33.6 Å². The summed E-state index contributed by atoms with van der Waals surface area (Å²) in [6, 6.07) is 16.2. The predicted octanol–water partition coefficient (Wildman–Crippen LogP) is 4.10. The van der Waals surface area contributed by atoms with Gasteiger partial charge >= 0.3 is 21.0 Å². The average molecular weight is 584 g/mol. The maximum atomic E-state index is 8.19. The number of allylic oxidation sites excluding steroid dienone is 8. The molecular weight excluding hydrogens is 563 g/mol. The van der Waals surface area contributed by atoms with Crippen molar-refractivity contribution in [3.05, 3.63) is 120 Å². The summed E-state index contributed by atoms with van der Waals surface area (Å²) in [7, 11) is 0. The van der Waals surface area contributed by atoms with Gasteiger partial charge in [-0.25, -0.2) is 29.9 Å². The monoisotopic (exact) mass is 583 g/mol. The molecule has 4 aromatic rings. The minimum atomic E-state index is -0.0924. The molecule has 10 heteroatoms. The fourth-order valence-electron chi connectivity index (χ4n) is 5.90. The van der Waals surface area contributed by atoms with E-state index in [1.54, 1.807) is 0 Å². The summed E-state index contributed by atoms with van der Waals surface area (Å²) in [5.41, 5.74) is 6.77. The van der Waals surface area contributed by atoms with Gasteiger partial charge in [0.2, 0.25) is 0 Å². The quantitative estimate of drug-likeness (QED) is 0.281. The summed E-state index contributed by atoms with van der Waals surface area (Å²) in [6.45, 7) is 0. The number of aromatic nitrogens is 8. The molecule has 2 unspecified atom stereocenters. The minimum absolute atomic E-state index is 0.0431. The molecule has 0 saturated carbocycles. The number of aromatic amines is 2. The van der Waals surface area contributed by atoms with Crippen molar-refractivity contribution in [2.45, 2.75) is 11.8 Å². The first-order valence-corrected chi connectivity index (χ1v) is 14.0. The Morgan fingerprint density at radius 2 is 1.24 bits per heavy atom. The standard InChI is InChI=1S/C32H20N8.O.V/c1-2-10-18-17(9-1)25-33-26(18)38-28-21-13-5-6-14-22(21)30(35-28)40-32-24-16-8-7-15-23(24)31(36-32)39-29-20-12-4-3-11-19(20)27(34-29)37-25;;/h1-17,20H,(H,33,37)(H,34,35,36,38,39,40);;. The fourth-order valence-corrected chi connectivity index (χ4v) is 5.90. The molecule has 199 valence electrons. The first-order chi connectivity index (χ1) is 20.8. The summed E-state index contributed by atoms with van der Waals surface area (Å²) in [4.78, 5) is 37.0. The zero-order valence-electron chi connectivity index (χ0n) is 21.9. The van der Waals surface area contributed by atoms with Crippen LogP contribution in [0.4, 0.5) is 0 Å². The average Bonchev–Trinajstić information content (AvgIpc) is 3.78. The Hall–Kier alpha value is -5.12. The van der Waals surface area contributed by atoms with Gasteiger partial charge in [-0.2, -0.15) is 0 Å². The molecule has 9 nitrogen and oxygen atoms in total. The topological polar surface area (TPSA) is 126 Å². The third kappa shape index (κ3) is 3.78.